The summed E-state index contributed by atoms with van der Waals surface area (Å²) in [7, 11) is 0. The summed E-state index contributed by atoms with van der Waals surface area (Å²) in [5, 5.41) is 7.88. The van der Waals surface area contributed by atoms with E-state index in [1.807, 2.05) is 36.4 Å². The van der Waals surface area contributed by atoms with Crippen molar-refractivity contribution in [3.8, 4) is 0 Å². The standard InChI is InChI=1S/C16H14Cl2N4S/c17-11-6-5-10(7-12(11)18)8-19-16(23)20-9-15-21-13-3-1-2-4-14(13)22-15/h1-7H,8-9H2,(H,21,22)(H2,19,20,23). The number of fused-ring (bicyclic) bond motifs is 1. The minimum Gasteiger partial charge on any atom is -0.359 e. The maximum Gasteiger partial charge on any atom is 0.166 e. The molecule has 1 heterocycles. The first-order valence-electron chi connectivity index (χ1n) is 7.01. The highest BCUT2D eigenvalue weighted by Gasteiger charge is 2.04. The highest BCUT2D eigenvalue weighted by atomic mass is 35.5. The summed E-state index contributed by atoms with van der Waals surface area (Å²) in [5.41, 5.74) is 2.96. The number of aromatic amines is 1. The van der Waals surface area contributed by atoms with E-state index in [1.165, 1.54) is 0 Å². The van der Waals surface area contributed by atoms with Crippen molar-refractivity contribution in [3.63, 3.8) is 0 Å². The lowest BCUT2D eigenvalue weighted by Crippen LogP contribution is -2.34. The molecule has 0 bridgehead atoms. The molecular formula is C16H14Cl2N4S. The fraction of sp³-hybridized carbons (Fsp3) is 0.125. The largest absolute Gasteiger partial charge is 0.359 e. The lowest BCUT2D eigenvalue weighted by molar-refractivity contribution is 0.804. The van der Waals surface area contributed by atoms with Crippen molar-refractivity contribution in [2.75, 3.05) is 0 Å². The summed E-state index contributed by atoms with van der Waals surface area (Å²) >= 11 is 17.2. The van der Waals surface area contributed by atoms with E-state index in [0.29, 0.717) is 28.2 Å². The third-order valence-electron chi connectivity index (χ3n) is 3.29. The summed E-state index contributed by atoms with van der Waals surface area (Å²) < 4.78 is 0. The Morgan fingerprint density at radius 2 is 1.83 bits per heavy atom. The minimum absolute atomic E-state index is 0.530. The van der Waals surface area contributed by atoms with Gasteiger partial charge in [0.05, 0.1) is 27.6 Å². The van der Waals surface area contributed by atoms with Crippen LogP contribution in [0.2, 0.25) is 10.0 Å². The van der Waals surface area contributed by atoms with Gasteiger partial charge in [0.2, 0.25) is 0 Å². The lowest BCUT2D eigenvalue weighted by atomic mass is 10.2. The van der Waals surface area contributed by atoms with Gasteiger partial charge >= 0.3 is 0 Å². The normalized spacial score (nSPS) is 10.7. The second-order valence-corrected chi connectivity index (χ2v) is 6.21. The van der Waals surface area contributed by atoms with E-state index in [2.05, 4.69) is 20.6 Å². The molecule has 0 saturated heterocycles. The fourth-order valence-corrected chi connectivity index (χ4v) is 2.61. The number of para-hydroxylation sites is 2. The van der Waals surface area contributed by atoms with E-state index in [-0.39, 0.29) is 0 Å². The molecule has 7 heteroatoms. The Labute approximate surface area is 149 Å². The van der Waals surface area contributed by atoms with Gasteiger partial charge in [-0.15, -0.1) is 0 Å². The summed E-state index contributed by atoms with van der Waals surface area (Å²) in [6.45, 7) is 1.10. The highest BCUT2D eigenvalue weighted by Crippen LogP contribution is 2.22. The molecule has 0 aliphatic heterocycles. The molecular weight excluding hydrogens is 351 g/mol. The van der Waals surface area contributed by atoms with Crippen molar-refractivity contribution in [2.24, 2.45) is 0 Å². The predicted molar refractivity (Wildman–Crippen MR) is 98.8 cm³/mol. The van der Waals surface area contributed by atoms with Gasteiger partial charge in [0, 0.05) is 6.54 Å². The number of aromatic nitrogens is 2. The van der Waals surface area contributed by atoms with Gasteiger partial charge in [-0.3, -0.25) is 0 Å². The summed E-state index contributed by atoms with van der Waals surface area (Å²) in [4.78, 5) is 7.73. The molecule has 2 aromatic carbocycles. The number of halogens is 2. The fourth-order valence-electron chi connectivity index (χ4n) is 2.15. The lowest BCUT2D eigenvalue weighted by Gasteiger charge is -2.10. The molecule has 0 fully saturated rings. The quantitative estimate of drug-likeness (QED) is 0.611. The van der Waals surface area contributed by atoms with Crippen LogP contribution >= 0.6 is 35.4 Å². The number of thiocarbonyl (C=S) groups is 1. The number of hydrogen-bond donors (Lipinski definition) is 3. The number of hydrogen-bond acceptors (Lipinski definition) is 2. The Balaban J connectivity index is 1.52. The zero-order chi connectivity index (χ0) is 16.2. The van der Waals surface area contributed by atoms with Crippen LogP contribution in [-0.4, -0.2) is 15.1 Å². The molecule has 0 amide bonds. The molecule has 23 heavy (non-hydrogen) atoms. The van der Waals surface area contributed by atoms with Crippen LogP contribution in [0.4, 0.5) is 0 Å². The number of benzene rings is 2. The SMILES string of the molecule is S=C(NCc1ccc(Cl)c(Cl)c1)NCc1nc2ccccc2[nH]1. The van der Waals surface area contributed by atoms with Crippen LogP contribution in [-0.2, 0) is 13.1 Å². The van der Waals surface area contributed by atoms with Gasteiger partial charge in [0.25, 0.3) is 0 Å². The molecule has 0 unspecified atom stereocenters. The van der Waals surface area contributed by atoms with Crippen molar-refractivity contribution in [3.05, 3.63) is 63.9 Å². The maximum absolute atomic E-state index is 5.99. The third kappa shape index (κ3) is 4.13. The van der Waals surface area contributed by atoms with Gasteiger partial charge in [-0.2, -0.15) is 0 Å². The van der Waals surface area contributed by atoms with Crippen LogP contribution in [0.3, 0.4) is 0 Å². The first kappa shape index (κ1) is 16.1. The van der Waals surface area contributed by atoms with Crippen LogP contribution in [0, 0.1) is 0 Å². The minimum atomic E-state index is 0.530. The van der Waals surface area contributed by atoms with E-state index in [0.717, 1.165) is 22.4 Å². The third-order valence-corrected chi connectivity index (χ3v) is 4.32. The number of rotatable bonds is 4. The van der Waals surface area contributed by atoms with Gasteiger partial charge < -0.3 is 15.6 Å². The molecule has 1 aromatic heterocycles. The Morgan fingerprint density at radius 3 is 2.61 bits per heavy atom. The van der Waals surface area contributed by atoms with E-state index in [4.69, 9.17) is 35.4 Å². The van der Waals surface area contributed by atoms with Gasteiger partial charge in [-0.05, 0) is 42.0 Å². The molecule has 3 N–H and O–H groups in total. The second kappa shape index (κ2) is 7.17. The van der Waals surface area contributed by atoms with Crippen molar-refractivity contribution in [2.45, 2.75) is 13.1 Å². The maximum atomic E-state index is 5.99. The van der Waals surface area contributed by atoms with Crippen molar-refractivity contribution < 1.29 is 0 Å². The molecule has 0 atom stereocenters. The van der Waals surface area contributed by atoms with Crippen LogP contribution in [0.25, 0.3) is 11.0 Å². The van der Waals surface area contributed by atoms with Crippen molar-refractivity contribution in [1.82, 2.24) is 20.6 Å². The molecule has 3 aromatic rings. The van der Waals surface area contributed by atoms with Gasteiger partial charge in [0.15, 0.2) is 5.11 Å². The average molecular weight is 365 g/mol. The van der Waals surface area contributed by atoms with E-state index < -0.39 is 0 Å². The average Bonchev–Trinajstić information content (AvgIpc) is 2.97. The molecule has 4 nitrogen and oxygen atoms in total. The number of H-pyrrole nitrogens is 1. The highest BCUT2D eigenvalue weighted by molar-refractivity contribution is 7.80. The summed E-state index contributed by atoms with van der Waals surface area (Å²) in [6, 6.07) is 13.4. The number of imidazole rings is 1. The van der Waals surface area contributed by atoms with Gasteiger partial charge in [-0.25, -0.2) is 4.98 Å². The van der Waals surface area contributed by atoms with Crippen LogP contribution in [0.1, 0.15) is 11.4 Å². The van der Waals surface area contributed by atoms with E-state index in [9.17, 15) is 0 Å². The number of nitrogens with one attached hydrogen (secondary N) is 3. The molecule has 3 rings (SSSR count). The molecule has 0 aliphatic rings. The smallest absolute Gasteiger partial charge is 0.166 e. The van der Waals surface area contributed by atoms with Crippen LogP contribution in [0.15, 0.2) is 42.5 Å². The monoisotopic (exact) mass is 364 g/mol. The first-order valence-corrected chi connectivity index (χ1v) is 8.17. The Hall–Kier alpha value is -1.82. The first-order chi connectivity index (χ1) is 11.1. The Bertz CT molecular complexity index is 814. The van der Waals surface area contributed by atoms with Crippen LogP contribution < -0.4 is 10.6 Å². The molecule has 0 spiro atoms. The topological polar surface area (TPSA) is 52.7 Å². The summed E-state index contributed by atoms with van der Waals surface area (Å²) in [6.07, 6.45) is 0. The second-order valence-electron chi connectivity index (χ2n) is 4.99. The molecule has 0 aliphatic carbocycles. The Kier molecular flexibility index (Phi) is 5.00. The zero-order valence-corrected chi connectivity index (χ0v) is 14.4. The number of nitrogens with zero attached hydrogens (tertiary/aromatic N) is 1. The van der Waals surface area contributed by atoms with E-state index in [1.54, 1.807) is 6.07 Å². The molecule has 118 valence electrons. The molecule has 0 saturated carbocycles. The van der Waals surface area contributed by atoms with Gasteiger partial charge in [-0.1, -0.05) is 41.4 Å². The van der Waals surface area contributed by atoms with Crippen molar-refractivity contribution in [1.29, 1.82) is 0 Å². The van der Waals surface area contributed by atoms with Gasteiger partial charge in [0.1, 0.15) is 5.82 Å². The summed E-state index contributed by atoms with van der Waals surface area (Å²) in [5.74, 6) is 0.838. The van der Waals surface area contributed by atoms with Crippen LogP contribution in [0.5, 0.6) is 0 Å². The predicted octanol–water partition coefficient (Wildman–Crippen LogP) is 4.03. The molecule has 0 radical (unpaired) electrons. The van der Waals surface area contributed by atoms with Crippen molar-refractivity contribution >= 4 is 51.6 Å². The van der Waals surface area contributed by atoms with E-state index >= 15 is 0 Å². The zero-order valence-electron chi connectivity index (χ0n) is 12.1. The Morgan fingerprint density at radius 1 is 1.04 bits per heavy atom.